The van der Waals surface area contributed by atoms with Gasteiger partial charge in [-0.3, -0.25) is 14.4 Å². The van der Waals surface area contributed by atoms with Crippen LogP contribution in [-0.2, 0) is 11.8 Å². The third-order valence-corrected chi connectivity index (χ3v) is 7.65. The van der Waals surface area contributed by atoms with Gasteiger partial charge >= 0.3 is 0 Å². The molecule has 1 aromatic carbocycles. The summed E-state index contributed by atoms with van der Waals surface area (Å²) in [6.07, 6.45) is 7.01. The van der Waals surface area contributed by atoms with Crippen molar-refractivity contribution in [2.24, 2.45) is 7.05 Å². The minimum absolute atomic E-state index is 0.0386. The molecular formula is C31H37N11O2. The van der Waals surface area contributed by atoms with E-state index in [0.717, 1.165) is 65.2 Å². The molecule has 5 aromatic rings. The van der Waals surface area contributed by atoms with Crippen molar-refractivity contribution in [2.75, 3.05) is 42.1 Å². The molecule has 1 unspecified atom stereocenters. The second-order valence-electron chi connectivity index (χ2n) is 11.1. The SMILES string of the molecule is CCCNc1cc(OC2CCN(CC(=O)Nc3cccc4c(-c5nc(Nc6cc(C)n(C)n6)ncc5C)c[nH]c34)C2)ncn1. The van der Waals surface area contributed by atoms with E-state index < -0.39 is 0 Å². The summed E-state index contributed by atoms with van der Waals surface area (Å²) in [5, 5.41) is 14.9. The first-order valence-corrected chi connectivity index (χ1v) is 14.8. The van der Waals surface area contributed by atoms with E-state index >= 15 is 0 Å². The molecule has 228 valence electrons. The number of nitrogens with one attached hydrogen (secondary N) is 4. The Balaban J connectivity index is 1.10. The molecule has 1 aliphatic rings. The fourth-order valence-electron chi connectivity index (χ4n) is 5.32. The average Bonchev–Trinajstić information content (AvgIpc) is 3.72. The lowest BCUT2D eigenvalue weighted by molar-refractivity contribution is -0.117. The largest absolute Gasteiger partial charge is 0.473 e. The summed E-state index contributed by atoms with van der Waals surface area (Å²) in [7, 11) is 1.89. The Bertz CT molecular complexity index is 1760. The highest BCUT2D eigenvalue weighted by Crippen LogP contribution is 2.33. The molecule has 0 aliphatic carbocycles. The normalized spacial score (nSPS) is 15.0. The minimum Gasteiger partial charge on any atom is -0.473 e. The summed E-state index contributed by atoms with van der Waals surface area (Å²) in [6, 6.07) is 9.62. The van der Waals surface area contributed by atoms with Gasteiger partial charge in [-0.2, -0.15) is 5.10 Å². The van der Waals surface area contributed by atoms with Crippen LogP contribution >= 0.6 is 0 Å². The van der Waals surface area contributed by atoms with Crippen molar-refractivity contribution in [3.8, 4) is 17.1 Å². The molecule has 6 rings (SSSR count). The summed E-state index contributed by atoms with van der Waals surface area (Å²) >= 11 is 0. The lowest BCUT2D eigenvalue weighted by Gasteiger charge is -2.17. The van der Waals surface area contributed by atoms with Gasteiger partial charge in [0.05, 0.1) is 23.4 Å². The summed E-state index contributed by atoms with van der Waals surface area (Å²) in [5.74, 6) is 2.35. The number of carbonyl (C=O) groups is 1. The highest BCUT2D eigenvalue weighted by molar-refractivity contribution is 6.06. The molecule has 0 bridgehead atoms. The van der Waals surface area contributed by atoms with Gasteiger partial charge in [0.2, 0.25) is 17.7 Å². The number of fused-ring (bicyclic) bond motifs is 1. The number of aromatic nitrogens is 7. The molecule has 5 heterocycles. The summed E-state index contributed by atoms with van der Waals surface area (Å²) < 4.78 is 7.89. The molecule has 0 radical (unpaired) electrons. The second-order valence-corrected chi connectivity index (χ2v) is 11.1. The van der Waals surface area contributed by atoms with Crippen molar-refractivity contribution in [3.05, 3.63) is 60.3 Å². The van der Waals surface area contributed by atoms with Crippen LogP contribution in [0.2, 0.25) is 0 Å². The number of aromatic amines is 1. The highest BCUT2D eigenvalue weighted by atomic mass is 16.5. The number of hydrogen-bond donors (Lipinski definition) is 4. The Morgan fingerprint density at radius 3 is 2.86 bits per heavy atom. The van der Waals surface area contributed by atoms with Gasteiger partial charge < -0.3 is 25.7 Å². The molecule has 44 heavy (non-hydrogen) atoms. The number of hydrogen-bond acceptors (Lipinski definition) is 10. The minimum atomic E-state index is -0.0854. The Morgan fingerprint density at radius 2 is 2.05 bits per heavy atom. The quantitative estimate of drug-likeness (QED) is 0.173. The van der Waals surface area contributed by atoms with Crippen LogP contribution < -0.4 is 20.7 Å². The maximum absolute atomic E-state index is 13.1. The first-order valence-electron chi connectivity index (χ1n) is 14.8. The standard InChI is InChI=1S/C31H37N11O2/c1-5-10-32-25-13-28(36-18-35-25)44-21-9-11-42(16-21)17-27(43)37-24-8-6-7-22-23(15-33-30(22)24)29-19(2)14-34-31(39-29)38-26-12-20(3)41(4)40-26/h6-8,12-15,18,21,33H,5,9-11,16-17H2,1-4H3,(H,37,43)(H,32,35,36)(H,34,38,39,40). The Labute approximate surface area is 255 Å². The highest BCUT2D eigenvalue weighted by Gasteiger charge is 2.26. The number of anilines is 4. The second kappa shape index (κ2) is 12.7. The predicted octanol–water partition coefficient (Wildman–Crippen LogP) is 4.42. The molecular weight excluding hydrogens is 558 g/mol. The Hall–Kier alpha value is -5.04. The van der Waals surface area contributed by atoms with Crippen molar-refractivity contribution >= 4 is 40.1 Å². The molecule has 4 aromatic heterocycles. The van der Waals surface area contributed by atoms with Crippen LogP contribution in [0.4, 0.5) is 23.3 Å². The van der Waals surface area contributed by atoms with Crippen LogP contribution in [0.25, 0.3) is 22.2 Å². The van der Waals surface area contributed by atoms with Gasteiger partial charge in [0.1, 0.15) is 18.2 Å². The van der Waals surface area contributed by atoms with Crippen molar-refractivity contribution < 1.29 is 9.53 Å². The van der Waals surface area contributed by atoms with Crippen molar-refractivity contribution in [2.45, 2.75) is 39.7 Å². The van der Waals surface area contributed by atoms with E-state index in [1.54, 1.807) is 10.9 Å². The van der Waals surface area contributed by atoms with Crippen LogP contribution in [0.5, 0.6) is 5.88 Å². The molecule has 13 heteroatoms. The van der Waals surface area contributed by atoms with Crippen LogP contribution in [0, 0.1) is 13.8 Å². The molecule has 1 aliphatic heterocycles. The average molecular weight is 596 g/mol. The molecule has 1 fully saturated rings. The fourth-order valence-corrected chi connectivity index (χ4v) is 5.32. The number of ether oxygens (including phenoxy) is 1. The van der Waals surface area contributed by atoms with Crippen LogP contribution in [-0.4, -0.2) is 77.8 Å². The van der Waals surface area contributed by atoms with Gasteiger partial charge in [-0.25, -0.2) is 19.9 Å². The van der Waals surface area contributed by atoms with Gasteiger partial charge in [-0.15, -0.1) is 0 Å². The van der Waals surface area contributed by atoms with Gasteiger partial charge in [0, 0.05) is 67.9 Å². The summed E-state index contributed by atoms with van der Waals surface area (Å²) in [5.41, 5.74) is 5.23. The monoisotopic (exact) mass is 595 g/mol. The molecule has 0 saturated carbocycles. The van der Waals surface area contributed by atoms with E-state index in [0.29, 0.717) is 29.9 Å². The zero-order valence-corrected chi connectivity index (χ0v) is 25.4. The lowest BCUT2D eigenvalue weighted by Crippen LogP contribution is -2.33. The van der Waals surface area contributed by atoms with Crippen molar-refractivity contribution in [1.29, 1.82) is 0 Å². The number of benzene rings is 1. The number of rotatable bonds is 11. The zero-order chi connectivity index (χ0) is 30.6. The van der Waals surface area contributed by atoms with Gasteiger partial charge in [-0.1, -0.05) is 19.1 Å². The number of carbonyl (C=O) groups excluding carboxylic acids is 1. The third-order valence-electron chi connectivity index (χ3n) is 7.65. The zero-order valence-electron chi connectivity index (χ0n) is 25.4. The van der Waals surface area contributed by atoms with Crippen LogP contribution in [0.3, 0.4) is 0 Å². The number of para-hydroxylation sites is 1. The topological polar surface area (TPSA) is 151 Å². The van der Waals surface area contributed by atoms with Crippen LogP contribution in [0.1, 0.15) is 31.0 Å². The fraction of sp³-hybridized carbons (Fsp3) is 0.355. The molecule has 13 nitrogen and oxygen atoms in total. The smallest absolute Gasteiger partial charge is 0.238 e. The molecule has 1 atom stereocenters. The molecule has 4 N–H and O–H groups in total. The van der Waals surface area contributed by atoms with E-state index in [9.17, 15) is 4.79 Å². The maximum atomic E-state index is 13.1. The molecule has 1 amide bonds. The summed E-state index contributed by atoms with van der Waals surface area (Å²) in [4.78, 5) is 36.3. The van der Waals surface area contributed by atoms with Gasteiger partial charge in [0.15, 0.2) is 5.82 Å². The number of aryl methyl sites for hydroxylation is 3. The number of amides is 1. The number of H-pyrrole nitrogens is 1. The maximum Gasteiger partial charge on any atom is 0.238 e. The first kappa shape index (κ1) is 29.1. The van der Waals surface area contributed by atoms with Crippen molar-refractivity contribution in [3.63, 3.8) is 0 Å². The number of nitrogens with zero attached hydrogens (tertiary/aromatic N) is 7. The van der Waals surface area contributed by atoms with Gasteiger partial charge in [-0.05, 0) is 38.3 Å². The number of likely N-dealkylation sites (tertiary alicyclic amines) is 1. The summed E-state index contributed by atoms with van der Waals surface area (Å²) in [6.45, 7) is 8.59. The lowest BCUT2D eigenvalue weighted by atomic mass is 10.1. The van der Waals surface area contributed by atoms with E-state index in [-0.39, 0.29) is 18.6 Å². The Morgan fingerprint density at radius 1 is 1.16 bits per heavy atom. The van der Waals surface area contributed by atoms with Gasteiger partial charge in [0.25, 0.3) is 0 Å². The van der Waals surface area contributed by atoms with Crippen LogP contribution in [0.15, 0.2) is 49.1 Å². The predicted molar refractivity (Wildman–Crippen MR) is 170 cm³/mol. The molecule has 0 spiro atoms. The van der Waals surface area contributed by atoms with Crippen molar-refractivity contribution in [1.82, 2.24) is 39.6 Å². The van der Waals surface area contributed by atoms with E-state index in [1.165, 1.54) is 6.33 Å². The van der Waals surface area contributed by atoms with E-state index in [2.05, 4.69) is 52.8 Å². The molecule has 1 saturated heterocycles. The van der Waals surface area contributed by atoms with E-state index in [1.807, 2.05) is 57.4 Å². The third kappa shape index (κ3) is 6.47. The Kier molecular flexibility index (Phi) is 8.37. The first-order chi connectivity index (χ1) is 21.4. The van der Waals surface area contributed by atoms with E-state index in [4.69, 9.17) is 9.72 Å².